The fourth-order valence-corrected chi connectivity index (χ4v) is 1.94. The van der Waals surface area contributed by atoms with Crippen LogP contribution in [0.4, 0.5) is 0 Å². The first-order chi connectivity index (χ1) is 6.68. The van der Waals surface area contributed by atoms with Crippen molar-refractivity contribution in [2.75, 3.05) is 13.6 Å². The maximum atomic E-state index is 11.3. The fraction of sp³-hybridized carbons (Fsp3) is 0.455. The van der Waals surface area contributed by atoms with Gasteiger partial charge in [0.15, 0.2) is 5.78 Å². The third kappa shape index (κ3) is 1.55. The van der Waals surface area contributed by atoms with Gasteiger partial charge in [-0.15, -0.1) is 0 Å². The van der Waals surface area contributed by atoms with Gasteiger partial charge < -0.3 is 4.90 Å². The maximum absolute atomic E-state index is 11.3. The summed E-state index contributed by atoms with van der Waals surface area (Å²) in [4.78, 5) is 17.7. The molecule has 2 heterocycles. The number of hydrogen-bond acceptors (Lipinski definition) is 3. The molecular weight excluding hydrogens is 176 g/mol. The highest BCUT2D eigenvalue weighted by Crippen LogP contribution is 2.20. The van der Waals surface area contributed by atoms with Gasteiger partial charge in [0, 0.05) is 31.0 Å². The molecule has 1 aliphatic rings. The van der Waals surface area contributed by atoms with Crippen LogP contribution in [-0.2, 0) is 13.0 Å². The number of rotatable bonds is 1. The van der Waals surface area contributed by atoms with Crippen molar-refractivity contribution in [2.45, 2.75) is 19.9 Å². The van der Waals surface area contributed by atoms with E-state index in [1.54, 1.807) is 13.1 Å². The quantitative estimate of drug-likeness (QED) is 0.625. The van der Waals surface area contributed by atoms with E-state index < -0.39 is 0 Å². The third-order valence-electron chi connectivity index (χ3n) is 2.71. The first kappa shape index (κ1) is 9.34. The summed E-state index contributed by atoms with van der Waals surface area (Å²) in [7, 11) is 2.09. The monoisotopic (exact) mass is 190 g/mol. The number of ketones is 1. The van der Waals surface area contributed by atoms with Gasteiger partial charge in [-0.1, -0.05) is 0 Å². The van der Waals surface area contributed by atoms with Crippen LogP contribution in [0, 0.1) is 0 Å². The molecule has 3 heteroatoms. The smallest absolute Gasteiger partial charge is 0.161 e. The highest BCUT2D eigenvalue weighted by atomic mass is 16.1. The minimum absolute atomic E-state index is 0.124. The molecule has 3 nitrogen and oxygen atoms in total. The van der Waals surface area contributed by atoms with Gasteiger partial charge in [-0.2, -0.15) is 0 Å². The molecule has 74 valence electrons. The maximum Gasteiger partial charge on any atom is 0.161 e. The lowest BCUT2D eigenvalue weighted by Gasteiger charge is -2.25. The summed E-state index contributed by atoms with van der Waals surface area (Å²) in [6.45, 7) is 3.54. The summed E-state index contributed by atoms with van der Waals surface area (Å²) < 4.78 is 0. The summed E-state index contributed by atoms with van der Waals surface area (Å²) in [5, 5.41) is 0. The number of carbonyl (C=O) groups is 1. The minimum atomic E-state index is 0.124. The molecule has 1 aromatic heterocycles. The SMILES string of the molecule is CC(=O)c1cncc2c1CCN(C)C2. The molecule has 1 aromatic rings. The lowest BCUT2D eigenvalue weighted by molar-refractivity contribution is 0.101. The highest BCUT2D eigenvalue weighted by molar-refractivity contribution is 5.95. The van der Waals surface area contributed by atoms with E-state index in [0.717, 1.165) is 25.1 Å². The van der Waals surface area contributed by atoms with E-state index >= 15 is 0 Å². The molecule has 2 rings (SSSR count). The van der Waals surface area contributed by atoms with Crippen molar-refractivity contribution in [1.82, 2.24) is 9.88 Å². The molecule has 0 fully saturated rings. The Hall–Kier alpha value is -1.22. The number of likely N-dealkylation sites (N-methyl/N-ethyl adjacent to an activating group) is 1. The molecule has 0 saturated carbocycles. The Morgan fingerprint density at radius 1 is 1.50 bits per heavy atom. The molecule has 0 N–H and O–H groups in total. The van der Waals surface area contributed by atoms with Gasteiger partial charge in [0.25, 0.3) is 0 Å². The van der Waals surface area contributed by atoms with E-state index in [1.807, 2.05) is 6.20 Å². The lowest BCUT2D eigenvalue weighted by Crippen LogP contribution is -2.28. The van der Waals surface area contributed by atoms with Gasteiger partial charge in [0.05, 0.1) is 0 Å². The van der Waals surface area contributed by atoms with Crippen LogP contribution in [0.3, 0.4) is 0 Å². The zero-order valence-corrected chi connectivity index (χ0v) is 8.58. The number of fused-ring (bicyclic) bond motifs is 1. The zero-order valence-electron chi connectivity index (χ0n) is 8.58. The summed E-state index contributed by atoms with van der Waals surface area (Å²) in [5.74, 6) is 0.124. The van der Waals surface area contributed by atoms with Crippen molar-refractivity contribution in [3.63, 3.8) is 0 Å². The van der Waals surface area contributed by atoms with Gasteiger partial charge in [-0.05, 0) is 31.5 Å². The van der Waals surface area contributed by atoms with Gasteiger partial charge in [0.2, 0.25) is 0 Å². The number of Topliss-reactive ketones (excluding diaryl/α,β-unsaturated/α-hetero) is 1. The number of hydrogen-bond donors (Lipinski definition) is 0. The average molecular weight is 190 g/mol. The van der Waals surface area contributed by atoms with Crippen molar-refractivity contribution in [3.05, 3.63) is 29.1 Å². The minimum Gasteiger partial charge on any atom is -0.302 e. The standard InChI is InChI=1S/C11H14N2O/c1-8(14)11-6-12-5-9-7-13(2)4-3-10(9)11/h5-6H,3-4,7H2,1-2H3. The van der Waals surface area contributed by atoms with E-state index in [4.69, 9.17) is 0 Å². The molecule has 1 aliphatic heterocycles. The molecule has 14 heavy (non-hydrogen) atoms. The van der Waals surface area contributed by atoms with E-state index in [9.17, 15) is 4.79 Å². The summed E-state index contributed by atoms with van der Waals surface area (Å²) in [5.41, 5.74) is 3.20. The van der Waals surface area contributed by atoms with E-state index in [-0.39, 0.29) is 5.78 Å². The molecule has 0 spiro atoms. The highest BCUT2D eigenvalue weighted by Gasteiger charge is 2.18. The Morgan fingerprint density at radius 3 is 3.00 bits per heavy atom. The number of carbonyl (C=O) groups excluding carboxylic acids is 1. The van der Waals surface area contributed by atoms with Crippen LogP contribution in [0.1, 0.15) is 28.4 Å². The van der Waals surface area contributed by atoms with E-state index in [1.165, 1.54) is 11.1 Å². The Balaban J connectivity index is 2.46. The van der Waals surface area contributed by atoms with Crippen LogP contribution in [-0.4, -0.2) is 29.3 Å². The number of pyridine rings is 1. The van der Waals surface area contributed by atoms with Gasteiger partial charge in [-0.25, -0.2) is 0 Å². The second kappa shape index (κ2) is 3.50. The molecular formula is C11H14N2O. The average Bonchev–Trinajstić information content (AvgIpc) is 2.16. The Morgan fingerprint density at radius 2 is 2.29 bits per heavy atom. The zero-order chi connectivity index (χ0) is 10.1. The Bertz CT molecular complexity index is 374. The van der Waals surface area contributed by atoms with Crippen LogP contribution >= 0.6 is 0 Å². The number of nitrogens with zero attached hydrogens (tertiary/aromatic N) is 2. The van der Waals surface area contributed by atoms with Crippen LogP contribution in [0.2, 0.25) is 0 Å². The third-order valence-corrected chi connectivity index (χ3v) is 2.71. The van der Waals surface area contributed by atoms with Crippen molar-refractivity contribution >= 4 is 5.78 Å². The topological polar surface area (TPSA) is 33.2 Å². The van der Waals surface area contributed by atoms with Crippen molar-refractivity contribution < 1.29 is 4.79 Å². The molecule has 0 aromatic carbocycles. The molecule has 0 radical (unpaired) electrons. The van der Waals surface area contributed by atoms with Crippen LogP contribution in [0.25, 0.3) is 0 Å². The van der Waals surface area contributed by atoms with Gasteiger partial charge in [0.1, 0.15) is 0 Å². The van der Waals surface area contributed by atoms with Gasteiger partial charge >= 0.3 is 0 Å². The van der Waals surface area contributed by atoms with Crippen LogP contribution in [0.15, 0.2) is 12.4 Å². The number of aromatic nitrogens is 1. The second-order valence-electron chi connectivity index (χ2n) is 3.87. The normalized spacial score (nSPS) is 16.4. The molecule has 0 saturated heterocycles. The molecule has 0 amide bonds. The summed E-state index contributed by atoms with van der Waals surface area (Å²) >= 11 is 0. The summed E-state index contributed by atoms with van der Waals surface area (Å²) in [6, 6.07) is 0. The van der Waals surface area contributed by atoms with Crippen LogP contribution < -0.4 is 0 Å². The molecule has 0 bridgehead atoms. The molecule has 0 aliphatic carbocycles. The predicted molar refractivity (Wildman–Crippen MR) is 54.3 cm³/mol. The first-order valence-corrected chi connectivity index (χ1v) is 4.83. The second-order valence-corrected chi connectivity index (χ2v) is 3.87. The van der Waals surface area contributed by atoms with Gasteiger partial charge in [-0.3, -0.25) is 9.78 Å². The Kier molecular flexibility index (Phi) is 2.33. The fourth-order valence-electron chi connectivity index (χ4n) is 1.94. The van der Waals surface area contributed by atoms with Crippen molar-refractivity contribution in [2.24, 2.45) is 0 Å². The summed E-state index contributed by atoms with van der Waals surface area (Å²) in [6.07, 6.45) is 4.52. The van der Waals surface area contributed by atoms with E-state index in [2.05, 4.69) is 16.9 Å². The lowest BCUT2D eigenvalue weighted by atomic mass is 9.96. The molecule has 0 unspecified atom stereocenters. The van der Waals surface area contributed by atoms with Crippen LogP contribution in [0.5, 0.6) is 0 Å². The molecule has 0 atom stereocenters. The van der Waals surface area contributed by atoms with Crippen molar-refractivity contribution in [1.29, 1.82) is 0 Å². The Labute approximate surface area is 83.8 Å². The van der Waals surface area contributed by atoms with E-state index in [0.29, 0.717) is 0 Å². The first-order valence-electron chi connectivity index (χ1n) is 4.83. The largest absolute Gasteiger partial charge is 0.302 e. The predicted octanol–water partition coefficient (Wildman–Crippen LogP) is 1.27. The van der Waals surface area contributed by atoms with Crippen molar-refractivity contribution in [3.8, 4) is 0 Å².